The molecule has 0 amide bonds. The molecule has 1 aromatic carbocycles. The van der Waals surface area contributed by atoms with Gasteiger partial charge in [0.05, 0.1) is 6.10 Å². The summed E-state index contributed by atoms with van der Waals surface area (Å²) in [6.07, 6.45) is 1.04. The molecule has 0 bridgehead atoms. The van der Waals surface area contributed by atoms with Crippen molar-refractivity contribution in [2.24, 2.45) is 0 Å². The predicted molar refractivity (Wildman–Crippen MR) is 71.8 cm³/mol. The van der Waals surface area contributed by atoms with Gasteiger partial charge in [0.2, 0.25) is 0 Å². The first-order valence-electron chi connectivity index (χ1n) is 6.37. The topological polar surface area (TPSA) is 60.2 Å². The molecule has 1 aromatic heterocycles. The van der Waals surface area contributed by atoms with Crippen molar-refractivity contribution in [3.05, 3.63) is 42.0 Å². The summed E-state index contributed by atoms with van der Waals surface area (Å²) in [5.74, 6) is 1.51. The van der Waals surface area contributed by atoms with Gasteiger partial charge in [-0.2, -0.15) is 5.10 Å². The number of hydrogen-bond donors (Lipinski definition) is 1. The number of aliphatic hydroxyl groups excluding tert-OH is 1. The summed E-state index contributed by atoms with van der Waals surface area (Å²) in [5.41, 5.74) is 0.836. The van der Waals surface area contributed by atoms with Crippen LogP contribution in [0.1, 0.15) is 44.3 Å². The lowest BCUT2D eigenvalue weighted by atomic mass is 10.1. The predicted octanol–water partition coefficient (Wildman–Crippen LogP) is 2.49. The lowest BCUT2D eigenvalue weighted by molar-refractivity contribution is 0.198. The van der Waals surface area contributed by atoms with Crippen LogP contribution in [0.3, 0.4) is 0 Å². The fourth-order valence-corrected chi connectivity index (χ4v) is 1.82. The molecule has 0 aliphatic carbocycles. The Labute approximate surface area is 112 Å². The number of ether oxygens (including phenoxy) is 1. The fourth-order valence-electron chi connectivity index (χ4n) is 1.82. The van der Waals surface area contributed by atoms with Gasteiger partial charge in [-0.15, -0.1) is 0 Å². The van der Waals surface area contributed by atoms with Crippen molar-refractivity contribution in [1.82, 2.24) is 14.8 Å². The van der Waals surface area contributed by atoms with Gasteiger partial charge in [0.15, 0.2) is 5.82 Å². The molecule has 1 N–H and O–H groups in total. The Morgan fingerprint density at radius 1 is 1.32 bits per heavy atom. The average Bonchev–Trinajstić information content (AvgIpc) is 2.85. The van der Waals surface area contributed by atoms with E-state index in [4.69, 9.17) is 4.74 Å². The molecule has 1 heterocycles. The van der Waals surface area contributed by atoms with Crippen LogP contribution in [-0.2, 0) is 6.61 Å². The highest BCUT2D eigenvalue weighted by atomic mass is 16.5. The van der Waals surface area contributed by atoms with Gasteiger partial charge in [0, 0.05) is 6.04 Å². The van der Waals surface area contributed by atoms with Crippen molar-refractivity contribution in [2.45, 2.75) is 39.5 Å². The quantitative estimate of drug-likeness (QED) is 0.898. The summed E-state index contributed by atoms with van der Waals surface area (Å²) in [5, 5.41) is 13.7. The molecular formula is C14H19N3O2. The van der Waals surface area contributed by atoms with Crippen molar-refractivity contribution in [2.75, 3.05) is 0 Å². The molecule has 0 saturated carbocycles. The summed E-state index contributed by atoms with van der Waals surface area (Å²) < 4.78 is 7.53. The number of nitrogens with zero attached hydrogens (tertiary/aromatic N) is 3. The first-order valence-corrected chi connectivity index (χ1v) is 6.37. The third-order valence-corrected chi connectivity index (χ3v) is 2.84. The number of rotatable bonds is 5. The minimum Gasteiger partial charge on any atom is -0.486 e. The van der Waals surface area contributed by atoms with Gasteiger partial charge in [-0.3, -0.25) is 0 Å². The fraction of sp³-hybridized carbons (Fsp3) is 0.429. The van der Waals surface area contributed by atoms with Crippen molar-refractivity contribution >= 4 is 0 Å². The normalized spacial score (nSPS) is 12.7. The number of aliphatic hydroxyl groups is 1. The van der Waals surface area contributed by atoms with Gasteiger partial charge in [-0.25, -0.2) is 9.67 Å². The molecule has 5 nitrogen and oxygen atoms in total. The maximum atomic E-state index is 9.54. The third-order valence-electron chi connectivity index (χ3n) is 2.84. The van der Waals surface area contributed by atoms with Crippen LogP contribution in [0.15, 0.2) is 30.6 Å². The van der Waals surface area contributed by atoms with Crippen LogP contribution >= 0.6 is 0 Å². The Bertz CT molecular complexity index is 535. The highest BCUT2D eigenvalue weighted by molar-refractivity contribution is 5.29. The SMILES string of the molecule is CC(C)n1ncnc1COc1cccc([C@@H](C)O)c1. The van der Waals surface area contributed by atoms with Crippen LogP contribution in [0.2, 0.25) is 0 Å². The molecule has 0 saturated heterocycles. The van der Waals surface area contributed by atoms with Gasteiger partial charge in [-0.1, -0.05) is 12.1 Å². The highest BCUT2D eigenvalue weighted by Gasteiger charge is 2.08. The number of aromatic nitrogens is 3. The first kappa shape index (κ1) is 13.5. The van der Waals surface area contributed by atoms with E-state index in [1.807, 2.05) is 42.8 Å². The Morgan fingerprint density at radius 2 is 2.11 bits per heavy atom. The highest BCUT2D eigenvalue weighted by Crippen LogP contribution is 2.19. The Kier molecular flexibility index (Phi) is 4.16. The maximum absolute atomic E-state index is 9.54. The monoisotopic (exact) mass is 261 g/mol. The van der Waals surface area contributed by atoms with E-state index < -0.39 is 6.10 Å². The minimum absolute atomic E-state index is 0.255. The first-order chi connectivity index (χ1) is 9.08. The summed E-state index contributed by atoms with van der Waals surface area (Å²) in [7, 11) is 0. The van der Waals surface area contributed by atoms with E-state index in [1.54, 1.807) is 6.92 Å². The van der Waals surface area contributed by atoms with Gasteiger partial charge < -0.3 is 9.84 Å². The van der Waals surface area contributed by atoms with Crippen molar-refractivity contribution in [3.63, 3.8) is 0 Å². The van der Waals surface area contributed by atoms with Crippen LogP contribution in [0.25, 0.3) is 0 Å². The summed E-state index contributed by atoms with van der Waals surface area (Å²) in [6, 6.07) is 7.69. The molecule has 1 atom stereocenters. The van der Waals surface area contributed by atoms with E-state index in [-0.39, 0.29) is 6.04 Å². The van der Waals surface area contributed by atoms with Gasteiger partial charge in [0.25, 0.3) is 0 Å². The third kappa shape index (κ3) is 3.32. The van der Waals surface area contributed by atoms with Crippen molar-refractivity contribution in [1.29, 1.82) is 0 Å². The molecule has 0 aliphatic rings. The molecular weight excluding hydrogens is 242 g/mol. The molecule has 0 unspecified atom stereocenters. The zero-order valence-corrected chi connectivity index (χ0v) is 11.4. The molecule has 0 fully saturated rings. The van der Waals surface area contributed by atoms with Crippen LogP contribution < -0.4 is 4.74 Å². The van der Waals surface area contributed by atoms with E-state index >= 15 is 0 Å². The Morgan fingerprint density at radius 3 is 2.79 bits per heavy atom. The standard InChI is InChI=1S/C14H19N3O2/c1-10(2)17-14(15-9-16-17)8-19-13-6-4-5-12(7-13)11(3)18/h4-7,9-11,18H,8H2,1-3H3/t11-/m1/s1. The number of benzene rings is 1. The average molecular weight is 261 g/mol. The summed E-state index contributed by atoms with van der Waals surface area (Å²) in [6.45, 7) is 6.19. The molecule has 5 heteroatoms. The Balaban J connectivity index is 2.06. The second-order valence-electron chi connectivity index (χ2n) is 4.75. The van der Waals surface area contributed by atoms with E-state index in [0.717, 1.165) is 17.1 Å². The lowest BCUT2D eigenvalue weighted by Gasteiger charge is -2.11. The van der Waals surface area contributed by atoms with Crippen LogP contribution in [-0.4, -0.2) is 19.9 Å². The molecule has 0 spiro atoms. The largest absolute Gasteiger partial charge is 0.486 e. The van der Waals surface area contributed by atoms with E-state index in [2.05, 4.69) is 10.1 Å². The van der Waals surface area contributed by atoms with E-state index in [9.17, 15) is 5.11 Å². The van der Waals surface area contributed by atoms with E-state index in [1.165, 1.54) is 6.33 Å². The van der Waals surface area contributed by atoms with Crippen LogP contribution in [0, 0.1) is 0 Å². The molecule has 19 heavy (non-hydrogen) atoms. The lowest BCUT2D eigenvalue weighted by Crippen LogP contribution is -2.10. The maximum Gasteiger partial charge on any atom is 0.165 e. The van der Waals surface area contributed by atoms with Crippen LogP contribution in [0.4, 0.5) is 0 Å². The smallest absolute Gasteiger partial charge is 0.165 e. The molecule has 0 radical (unpaired) electrons. The molecule has 2 rings (SSSR count). The molecule has 102 valence electrons. The van der Waals surface area contributed by atoms with E-state index in [0.29, 0.717) is 6.61 Å². The molecule has 0 aliphatic heterocycles. The second kappa shape index (κ2) is 5.84. The molecule has 2 aromatic rings. The van der Waals surface area contributed by atoms with Gasteiger partial charge >= 0.3 is 0 Å². The Hall–Kier alpha value is -1.88. The van der Waals surface area contributed by atoms with Gasteiger partial charge in [-0.05, 0) is 38.5 Å². The van der Waals surface area contributed by atoms with Crippen molar-refractivity contribution < 1.29 is 9.84 Å². The summed E-state index contributed by atoms with van der Waals surface area (Å²) in [4.78, 5) is 4.19. The van der Waals surface area contributed by atoms with Gasteiger partial charge in [0.1, 0.15) is 18.7 Å². The van der Waals surface area contributed by atoms with Crippen LogP contribution in [0.5, 0.6) is 5.75 Å². The zero-order valence-electron chi connectivity index (χ0n) is 11.4. The number of hydrogen-bond acceptors (Lipinski definition) is 4. The van der Waals surface area contributed by atoms with Crippen molar-refractivity contribution in [3.8, 4) is 5.75 Å². The second-order valence-corrected chi connectivity index (χ2v) is 4.75. The zero-order chi connectivity index (χ0) is 13.8. The minimum atomic E-state index is -0.497. The summed E-state index contributed by atoms with van der Waals surface area (Å²) >= 11 is 0.